The Morgan fingerprint density at radius 1 is 1.50 bits per heavy atom. The van der Waals surface area contributed by atoms with Gasteiger partial charge in [0.25, 0.3) is 0 Å². The number of thioether (sulfide) groups is 1. The molecule has 0 bridgehead atoms. The van der Waals surface area contributed by atoms with Crippen LogP contribution in [0.2, 0.25) is 0 Å². The van der Waals surface area contributed by atoms with Gasteiger partial charge in [0.15, 0.2) is 0 Å². The molecule has 2 rings (SSSR count). The predicted molar refractivity (Wildman–Crippen MR) is 64.2 cm³/mol. The van der Waals surface area contributed by atoms with E-state index in [-0.39, 0.29) is 5.84 Å². The van der Waals surface area contributed by atoms with Crippen molar-refractivity contribution < 1.29 is 0 Å². The van der Waals surface area contributed by atoms with Crippen LogP contribution in [0, 0.1) is 5.41 Å². The van der Waals surface area contributed by atoms with Gasteiger partial charge in [-0.2, -0.15) is 5.10 Å². The Bertz CT molecular complexity index is 506. The second kappa shape index (κ2) is 4.36. The zero-order chi connectivity index (χ0) is 11.5. The van der Waals surface area contributed by atoms with E-state index in [4.69, 9.17) is 11.1 Å². The Morgan fingerprint density at radius 3 is 2.88 bits per heavy atom. The average Bonchev–Trinajstić information content (AvgIpc) is 2.81. The largest absolute Gasteiger partial charge is 0.384 e. The quantitative estimate of drug-likeness (QED) is 0.475. The SMILES string of the molecule is CSc1cccc(-n2cncn2)c1C(=N)N. The number of hydrogen-bond donors (Lipinski definition) is 2. The first-order chi connectivity index (χ1) is 7.74. The van der Waals surface area contributed by atoms with Crippen LogP contribution in [-0.2, 0) is 0 Å². The lowest BCUT2D eigenvalue weighted by Crippen LogP contribution is -2.16. The third-order valence-electron chi connectivity index (χ3n) is 2.16. The molecule has 0 saturated carbocycles. The minimum Gasteiger partial charge on any atom is -0.384 e. The van der Waals surface area contributed by atoms with Crippen molar-refractivity contribution >= 4 is 17.6 Å². The van der Waals surface area contributed by atoms with Gasteiger partial charge in [-0.25, -0.2) is 9.67 Å². The number of benzene rings is 1. The molecule has 3 N–H and O–H groups in total. The minimum atomic E-state index is 0.0375. The molecule has 0 atom stereocenters. The van der Waals surface area contributed by atoms with Gasteiger partial charge in [-0.05, 0) is 18.4 Å². The Morgan fingerprint density at radius 2 is 2.31 bits per heavy atom. The molecule has 0 amide bonds. The van der Waals surface area contributed by atoms with Crippen LogP contribution in [0.15, 0.2) is 35.7 Å². The third kappa shape index (κ3) is 1.79. The number of amidine groups is 1. The molecule has 16 heavy (non-hydrogen) atoms. The summed E-state index contributed by atoms with van der Waals surface area (Å²) in [5, 5.41) is 11.7. The van der Waals surface area contributed by atoms with Crippen LogP contribution >= 0.6 is 11.8 Å². The maximum absolute atomic E-state index is 7.63. The van der Waals surface area contributed by atoms with E-state index in [2.05, 4.69) is 10.1 Å². The van der Waals surface area contributed by atoms with Crippen LogP contribution < -0.4 is 5.73 Å². The zero-order valence-electron chi connectivity index (χ0n) is 8.71. The van der Waals surface area contributed by atoms with Gasteiger partial charge in [0, 0.05) is 4.90 Å². The summed E-state index contributed by atoms with van der Waals surface area (Å²) < 4.78 is 1.61. The Kier molecular flexibility index (Phi) is 2.91. The van der Waals surface area contributed by atoms with Crippen molar-refractivity contribution in [3.05, 3.63) is 36.4 Å². The van der Waals surface area contributed by atoms with E-state index >= 15 is 0 Å². The highest BCUT2D eigenvalue weighted by molar-refractivity contribution is 7.98. The lowest BCUT2D eigenvalue weighted by Gasteiger charge is -2.11. The van der Waals surface area contributed by atoms with Gasteiger partial charge in [0.2, 0.25) is 0 Å². The Hall–Kier alpha value is -1.82. The van der Waals surface area contributed by atoms with E-state index < -0.39 is 0 Å². The summed E-state index contributed by atoms with van der Waals surface area (Å²) in [6.07, 6.45) is 4.99. The summed E-state index contributed by atoms with van der Waals surface area (Å²) in [5.74, 6) is 0.0375. The molecule has 0 fully saturated rings. The number of nitrogen functional groups attached to an aromatic ring is 1. The number of hydrogen-bond acceptors (Lipinski definition) is 4. The highest BCUT2D eigenvalue weighted by atomic mass is 32.2. The fraction of sp³-hybridized carbons (Fsp3) is 0.100. The van der Waals surface area contributed by atoms with Gasteiger partial charge in [-0.15, -0.1) is 11.8 Å². The highest BCUT2D eigenvalue weighted by Gasteiger charge is 2.12. The summed E-state index contributed by atoms with van der Waals surface area (Å²) in [7, 11) is 0. The van der Waals surface area contributed by atoms with E-state index in [1.165, 1.54) is 6.33 Å². The number of aromatic nitrogens is 3. The van der Waals surface area contributed by atoms with Gasteiger partial charge in [-0.3, -0.25) is 5.41 Å². The first kappa shape index (κ1) is 10.7. The fourth-order valence-corrected chi connectivity index (χ4v) is 2.12. The lowest BCUT2D eigenvalue weighted by molar-refractivity contribution is 0.872. The molecule has 82 valence electrons. The van der Waals surface area contributed by atoms with Crippen LogP contribution in [0.5, 0.6) is 0 Å². The molecular weight excluding hydrogens is 222 g/mol. The van der Waals surface area contributed by atoms with Crippen LogP contribution in [0.4, 0.5) is 0 Å². The first-order valence-corrected chi connectivity index (χ1v) is 5.83. The molecule has 0 unspecified atom stereocenters. The van der Waals surface area contributed by atoms with E-state index in [0.717, 1.165) is 10.6 Å². The minimum absolute atomic E-state index is 0.0375. The molecular formula is C10H11N5S. The smallest absolute Gasteiger partial charge is 0.138 e. The summed E-state index contributed by atoms with van der Waals surface area (Å²) in [6.45, 7) is 0. The van der Waals surface area contributed by atoms with E-state index in [9.17, 15) is 0 Å². The maximum Gasteiger partial charge on any atom is 0.138 e. The molecule has 6 heteroatoms. The van der Waals surface area contributed by atoms with Crippen molar-refractivity contribution in [2.75, 3.05) is 6.26 Å². The third-order valence-corrected chi connectivity index (χ3v) is 2.94. The fourth-order valence-electron chi connectivity index (χ4n) is 1.48. The van der Waals surface area contributed by atoms with Gasteiger partial charge in [-0.1, -0.05) is 6.07 Å². The van der Waals surface area contributed by atoms with Gasteiger partial charge in [0.05, 0.1) is 11.3 Å². The molecule has 1 aromatic carbocycles. The van der Waals surface area contributed by atoms with Gasteiger partial charge < -0.3 is 5.73 Å². The van der Waals surface area contributed by atoms with E-state index in [1.807, 2.05) is 24.5 Å². The average molecular weight is 233 g/mol. The molecule has 0 aliphatic rings. The van der Waals surface area contributed by atoms with E-state index in [0.29, 0.717) is 5.56 Å². The summed E-state index contributed by atoms with van der Waals surface area (Å²) in [5.41, 5.74) is 7.08. The zero-order valence-corrected chi connectivity index (χ0v) is 9.53. The standard InChI is InChI=1S/C10H11N5S/c1-16-8-4-2-3-7(9(8)10(11)12)15-6-13-5-14-15/h2-6H,1H3,(H3,11,12). The monoisotopic (exact) mass is 233 g/mol. The normalized spacial score (nSPS) is 10.3. The highest BCUT2D eigenvalue weighted by Crippen LogP contribution is 2.25. The Labute approximate surface area is 97.2 Å². The molecule has 0 radical (unpaired) electrons. The van der Waals surface area contributed by atoms with E-state index in [1.54, 1.807) is 22.8 Å². The Balaban J connectivity index is 2.65. The van der Waals surface area contributed by atoms with Gasteiger partial charge >= 0.3 is 0 Å². The summed E-state index contributed by atoms with van der Waals surface area (Å²) >= 11 is 1.55. The molecule has 0 spiro atoms. The van der Waals surface area contributed by atoms with Gasteiger partial charge in [0.1, 0.15) is 18.5 Å². The molecule has 0 aliphatic carbocycles. The second-order valence-electron chi connectivity index (χ2n) is 3.11. The summed E-state index contributed by atoms with van der Waals surface area (Å²) in [6, 6.07) is 5.71. The lowest BCUT2D eigenvalue weighted by atomic mass is 10.1. The molecule has 1 aromatic heterocycles. The van der Waals surface area contributed by atoms with Crippen molar-refractivity contribution in [1.82, 2.24) is 14.8 Å². The maximum atomic E-state index is 7.63. The van der Waals surface area contributed by atoms with Crippen LogP contribution in [-0.4, -0.2) is 26.9 Å². The van der Waals surface area contributed by atoms with Crippen LogP contribution in [0.3, 0.4) is 0 Å². The molecule has 2 aromatic rings. The van der Waals surface area contributed by atoms with Crippen molar-refractivity contribution in [3.63, 3.8) is 0 Å². The number of nitrogens with two attached hydrogens (primary N) is 1. The summed E-state index contributed by atoms with van der Waals surface area (Å²) in [4.78, 5) is 4.85. The van der Waals surface area contributed by atoms with Crippen LogP contribution in [0.25, 0.3) is 5.69 Å². The van der Waals surface area contributed by atoms with Crippen molar-refractivity contribution in [1.29, 1.82) is 5.41 Å². The predicted octanol–water partition coefficient (Wildman–Crippen LogP) is 1.27. The van der Waals surface area contributed by atoms with Crippen molar-refractivity contribution in [2.24, 2.45) is 5.73 Å². The molecule has 0 aliphatic heterocycles. The number of rotatable bonds is 3. The topological polar surface area (TPSA) is 80.6 Å². The van der Waals surface area contributed by atoms with Crippen molar-refractivity contribution in [2.45, 2.75) is 4.90 Å². The molecule has 1 heterocycles. The molecule has 0 saturated heterocycles. The van der Waals surface area contributed by atoms with Crippen molar-refractivity contribution in [3.8, 4) is 5.69 Å². The first-order valence-electron chi connectivity index (χ1n) is 4.60. The number of nitrogens with zero attached hydrogens (tertiary/aromatic N) is 3. The molecule has 5 nitrogen and oxygen atoms in total. The second-order valence-corrected chi connectivity index (χ2v) is 3.96. The van der Waals surface area contributed by atoms with Crippen LogP contribution in [0.1, 0.15) is 5.56 Å². The number of nitrogens with one attached hydrogen (secondary N) is 1.